The summed E-state index contributed by atoms with van der Waals surface area (Å²) in [6.45, 7) is 5.16. The predicted octanol–water partition coefficient (Wildman–Crippen LogP) is 2.35. The van der Waals surface area contributed by atoms with Crippen molar-refractivity contribution in [2.24, 2.45) is 5.92 Å². The van der Waals surface area contributed by atoms with E-state index in [0.29, 0.717) is 12.5 Å². The number of hydrogen-bond acceptors (Lipinski definition) is 2. The smallest absolute Gasteiger partial charge is 0.249 e. The number of alkyl halides is 2. The predicted molar refractivity (Wildman–Crippen MR) is 62.9 cm³/mol. The van der Waals surface area contributed by atoms with Gasteiger partial charge in [0.05, 0.1) is 0 Å². The Morgan fingerprint density at radius 3 is 2.50 bits per heavy atom. The molecule has 16 heavy (non-hydrogen) atoms. The molecule has 0 saturated carbocycles. The molecule has 1 rings (SSSR count). The summed E-state index contributed by atoms with van der Waals surface area (Å²) >= 11 is 0. The molecular formula is C12H24F2N2. The molecule has 0 amide bonds. The van der Waals surface area contributed by atoms with Crippen molar-refractivity contribution in [3.05, 3.63) is 0 Å². The van der Waals surface area contributed by atoms with Crippen LogP contribution < -0.4 is 5.32 Å². The van der Waals surface area contributed by atoms with Gasteiger partial charge in [-0.15, -0.1) is 0 Å². The highest BCUT2D eigenvalue weighted by atomic mass is 19.3. The Morgan fingerprint density at radius 1 is 1.31 bits per heavy atom. The molecule has 4 heteroatoms. The Morgan fingerprint density at radius 2 is 1.94 bits per heavy atom. The number of nitrogens with zero attached hydrogens (tertiary/aromatic N) is 1. The normalized spacial score (nSPS) is 19.3. The second-order valence-electron chi connectivity index (χ2n) is 4.92. The van der Waals surface area contributed by atoms with E-state index in [1.807, 2.05) is 7.05 Å². The van der Waals surface area contributed by atoms with Crippen LogP contribution in [0.25, 0.3) is 0 Å². The third-order valence-corrected chi connectivity index (χ3v) is 3.41. The van der Waals surface area contributed by atoms with E-state index in [9.17, 15) is 8.78 Å². The summed E-state index contributed by atoms with van der Waals surface area (Å²) in [5, 5.41) is 3.31. The summed E-state index contributed by atoms with van der Waals surface area (Å²) in [6, 6.07) is 0. The maximum atomic E-state index is 13.1. The topological polar surface area (TPSA) is 15.3 Å². The number of halogens is 2. The third kappa shape index (κ3) is 5.21. The van der Waals surface area contributed by atoms with Crippen molar-refractivity contribution in [3.8, 4) is 0 Å². The fraction of sp³-hybridized carbons (Fsp3) is 1.00. The Labute approximate surface area is 97.4 Å². The lowest BCUT2D eigenvalue weighted by atomic mass is 9.97. The van der Waals surface area contributed by atoms with Gasteiger partial charge in [0.1, 0.15) is 0 Å². The van der Waals surface area contributed by atoms with Crippen molar-refractivity contribution in [2.45, 2.75) is 38.5 Å². The highest BCUT2D eigenvalue weighted by Gasteiger charge is 2.26. The summed E-state index contributed by atoms with van der Waals surface area (Å²) < 4.78 is 26.1. The molecule has 96 valence electrons. The summed E-state index contributed by atoms with van der Waals surface area (Å²) in [4.78, 5) is 2.06. The molecule has 0 aromatic rings. The first-order valence-corrected chi connectivity index (χ1v) is 6.30. The molecule has 0 aliphatic carbocycles. The van der Waals surface area contributed by atoms with E-state index in [0.717, 1.165) is 19.6 Å². The van der Waals surface area contributed by atoms with Gasteiger partial charge in [-0.25, -0.2) is 8.78 Å². The van der Waals surface area contributed by atoms with Crippen molar-refractivity contribution >= 4 is 0 Å². The zero-order chi connectivity index (χ0) is 12.0. The monoisotopic (exact) mass is 234 g/mol. The van der Waals surface area contributed by atoms with E-state index in [1.165, 1.54) is 12.8 Å². The van der Waals surface area contributed by atoms with Gasteiger partial charge in [-0.05, 0) is 38.9 Å². The Balaban J connectivity index is 2.17. The van der Waals surface area contributed by atoms with Crippen molar-refractivity contribution in [1.82, 2.24) is 10.2 Å². The van der Waals surface area contributed by atoms with E-state index in [2.05, 4.69) is 10.2 Å². The zero-order valence-corrected chi connectivity index (χ0v) is 10.4. The highest BCUT2D eigenvalue weighted by Crippen LogP contribution is 2.22. The zero-order valence-electron chi connectivity index (χ0n) is 10.4. The molecule has 0 bridgehead atoms. The Kier molecular flexibility index (Phi) is 5.62. The molecule has 1 saturated heterocycles. The van der Waals surface area contributed by atoms with Crippen LogP contribution in [0.4, 0.5) is 8.78 Å². The van der Waals surface area contributed by atoms with Crippen LogP contribution in [0, 0.1) is 5.92 Å². The van der Waals surface area contributed by atoms with Gasteiger partial charge in [0.15, 0.2) is 0 Å². The number of hydrogen-bond donors (Lipinski definition) is 1. The second-order valence-corrected chi connectivity index (χ2v) is 4.92. The van der Waals surface area contributed by atoms with Crippen LogP contribution in [0.1, 0.15) is 32.6 Å². The summed E-state index contributed by atoms with van der Waals surface area (Å²) in [5.41, 5.74) is 0. The largest absolute Gasteiger partial charge is 0.317 e. The lowest BCUT2D eigenvalue weighted by molar-refractivity contribution is -0.0189. The molecule has 1 aliphatic heterocycles. The van der Waals surface area contributed by atoms with Crippen molar-refractivity contribution in [1.29, 1.82) is 0 Å². The van der Waals surface area contributed by atoms with Gasteiger partial charge in [0.2, 0.25) is 5.92 Å². The van der Waals surface area contributed by atoms with Crippen molar-refractivity contribution in [2.75, 3.05) is 33.2 Å². The first kappa shape index (κ1) is 13.8. The minimum absolute atomic E-state index is 0.00896. The summed E-state index contributed by atoms with van der Waals surface area (Å²) in [7, 11) is 1.95. The van der Waals surface area contributed by atoms with E-state index < -0.39 is 5.92 Å². The maximum Gasteiger partial charge on any atom is 0.249 e. The molecule has 1 N–H and O–H groups in total. The molecule has 0 radical (unpaired) electrons. The molecule has 0 aromatic heterocycles. The average molecular weight is 234 g/mol. The van der Waals surface area contributed by atoms with E-state index in [-0.39, 0.29) is 12.8 Å². The average Bonchev–Trinajstić information content (AvgIpc) is 2.28. The van der Waals surface area contributed by atoms with Gasteiger partial charge < -0.3 is 10.2 Å². The maximum absolute atomic E-state index is 13.1. The van der Waals surface area contributed by atoms with Gasteiger partial charge in [-0.3, -0.25) is 0 Å². The number of rotatable bonds is 6. The second kappa shape index (κ2) is 6.50. The molecule has 0 aromatic carbocycles. The number of piperidine rings is 1. The fourth-order valence-electron chi connectivity index (χ4n) is 2.13. The van der Waals surface area contributed by atoms with Gasteiger partial charge in [0, 0.05) is 25.9 Å². The number of nitrogens with one attached hydrogen (secondary N) is 1. The van der Waals surface area contributed by atoms with Crippen molar-refractivity contribution in [3.63, 3.8) is 0 Å². The van der Waals surface area contributed by atoms with Crippen LogP contribution in [0.3, 0.4) is 0 Å². The van der Waals surface area contributed by atoms with Crippen molar-refractivity contribution < 1.29 is 8.78 Å². The van der Waals surface area contributed by atoms with Gasteiger partial charge >= 0.3 is 0 Å². The molecule has 1 aliphatic rings. The van der Waals surface area contributed by atoms with E-state index in [4.69, 9.17) is 0 Å². The van der Waals surface area contributed by atoms with Crippen LogP contribution in [0.2, 0.25) is 0 Å². The highest BCUT2D eigenvalue weighted by molar-refractivity contribution is 4.72. The first-order valence-electron chi connectivity index (χ1n) is 6.30. The first-order chi connectivity index (χ1) is 7.53. The van der Waals surface area contributed by atoms with E-state index in [1.54, 1.807) is 6.92 Å². The molecule has 0 spiro atoms. The Bertz CT molecular complexity index is 191. The molecular weight excluding hydrogens is 210 g/mol. The van der Waals surface area contributed by atoms with Crippen LogP contribution >= 0.6 is 0 Å². The molecule has 1 fully saturated rings. The lowest BCUT2D eigenvalue weighted by Crippen LogP contribution is -2.36. The summed E-state index contributed by atoms with van der Waals surface area (Å²) in [6.07, 6.45) is 2.29. The van der Waals surface area contributed by atoms with Crippen LogP contribution in [0.5, 0.6) is 0 Å². The third-order valence-electron chi connectivity index (χ3n) is 3.41. The molecule has 0 atom stereocenters. The van der Waals surface area contributed by atoms with Gasteiger partial charge in [-0.2, -0.15) is 0 Å². The van der Waals surface area contributed by atoms with Crippen LogP contribution in [0.15, 0.2) is 0 Å². The summed E-state index contributed by atoms with van der Waals surface area (Å²) in [5.74, 6) is -1.80. The quantitative estimate of drug-likeness (QED) is 0.759. The Hall–Kier alpha value is -0.220. The molecule has 1 heterocycles. The van der Waals surface area contributed by atoms with E-state index >= 15 is 0 Å². The van der Waals surface area contributed by atoms with Crippen LogP contribution in [-0.2, 0) is 0 Å². The molecule has 2 nitrogen and oxygen atoms in total. The fourth-order valence-corrected chi connectivity index (χ4v) is 2.13. The van der Waals surface area contributed by atoms with Gasteiger partial charge in [-0.1, -0.05) is 6.92 Å². The minimum atomic E-state index is -2.48. The van der Waals surface area contributed by atoms with Crippen LogP contribution in [-0.4, -0.2) is 44.0 Å². The standard InChI is InChI=1S/C12H24F2N2/c1-3-12(13,14)6-9-16(2)10-11-4-7-15-8-5-11/h11,15H,3-10H2,1-2H3. The molecule has 0 unspecified atom stereocenters. The lowest BCUT2D eigenvalue weighted by Gasteiger charge is -2.28. The SMILES string of the molecule is CCC(F)(F)CCN(C)CC1CCNCC1. The minimum Gasteiger partial charge on any atom is -0.317 e. The van der Waals surface area contributed by atoms with Gasteiger partial charge in [0.25, 0.3) is 0 Å².